The summed E-state index contributed by atoms with van der Waals surface area (Å²) in [5.41, 5.74) is 0.613. The summed E-state index contributed by atoms with van der Waals surface area (Å²) in [5.74, 6) is -1.02. The number of quaternary nitrogens is 1. The Labute approximate surface area is 117 Å². The van der Waals surface area contributed by atoms with Crippen LogP contribution in [-0.4, -0.2) is 53.0 Å². The number of likely N-dealkylation sites (N-methyl/N-ethyl adjacent to an activating group) is 1. The Morgan fingerprint density at radius 1 is 1.50 bits per heavy atom. The van der Waals surface area contributed by atoms with Crippen molar-refractivity contribution in [3.8, 4) is 0 Å². The lowest BCUT2D eigenvalue weighted by Crippen LogP contribution is -2.54. The molecule has 1 fully saturated rings. The summed E-state index contributed by atoms with van der Waals surface area (Å²) in [5, 5.41) is 11.2. The molecule has 0 aromatic carbocycles. The summed E-state index contributed by atoms with van der Waals surface area (Å²) < 4.78 is -0.0757. The van der Waals surface area contributed by atoms with Crippen LogP contribution in [0.25, 0.3) is 0 Å². The first-order chi connectivity index (χ1) is 9.38. The van der Waals surface area contributed by atoms with E-state index in [-0.39, 0.29) is 23.0 Å². The molecule has 1 aromatic rings. The van der Waals surface area contributed by atoms with Crippen LogP contribution in [0.1, 0.15) is 13.8 Å². The van der Waals surface area contributed by atoms with Gasteiger partial charge in [-0.2, -0.15) is 0 Å². The topological polar surface area (TPSA) is 86.2 Å². The molecule has 0 spiro atoms. The number of rotatable bonds is 4. The standard InChI is InChI=1S/C13H18N4O3/c1-9(2)6-17(10-4-14-8-15-5-10)7-11(12(18)19)16(3)13(17)20/h4-5,8-9,11H,6-7H2,1-3H3. The number of urea groups is 1. The first-order valence-electron chi connectivity index (χ1n) is 6.49. The van der Waals surface area contributed by atoms with Gasteiger partial charge in [0, 0.05) is 13.0 Å². The largest absolute Gasteiger partial charge is 0.548 e. The van der Waals surface area contributed by atoms with Crippen LogP contribution >= 0.6 is 0 Å². The van der Waals surface area contributed by atoms with Crippen molar-refractivity contribution in [1.82, 2.24) is 19.4 Å². The molecule has 0 radical (unpaired) electrons. The van der Waals surface area contributed by atoms with Crippen LogP contribution in [-0.2, 0) is 4.79 Å². The molecule has 0 N–H and O–H groups in total. The van der Waals surface area contributed by atoms with Gasteiger partial charge < -0.3 is 9.90 Å². The fourth-order valence-electron chi connectivity index (χ4n) is 2.77. The Morgan fingerprint density at radius 3 is 2.55 bits per heavy atom. The van der Waals surface area contributed by atoms with Crippen molar-refractivity contribution in [2.75, 3.05) is 20.1 Å². The lowest BCUT2D eigenvalue weighted by molar-refractivity contribution is -0.309. The van der Waals surface area contributed by atoms with E-state index in [1.54, 1.807) is 12.4 Å². The van der Waals surface area contributed by atoms with E-state index in [9.17, 15) is 14.7 Å². The first kappa shape index (κ1) is 14.4. The fraction of sp³-hybridized carbons (Fsp3) is 0.538. The van der Waals surface area contributed by atoms with E-state index in [0.29, 0.717) is 12.2 Å². The van der Waals surface area contributed by atoms with Crippen LogP contribution in [0.2, 0.25) is 0 Å². The van der Waals surface area contributed by atoms with E-state index in [1.807, 2.05) is 13.8 Å². The van der Waals surface area contributed by atoms with Crippen LogP contribution in [0.15, 0.2) is 18.7 Å². The highest BCUT2D eigenvalue weighted by atomic mass is 16.4. The van der Waals surface area contributed by atoms with Gasteiger partial charge in [0.2, 0.25) is 0 Å². The number of carbonyl (C=O) groups excluding carboxylic acids is 2. The van der Waals surface area contributed by atoms with Crippen LogP contribution in [0.3, 0.4) is 0 Å². The summed E-state index contributed by atoms with van der Waals surface area (Å²) in [6.45, 7) is 4.62. The number of aromatic nitrogens is 2. The van der Waals surface area contributed by atoms with E-state index in [4.69, 9.17) is 0 Å². The Bertz CT molecular complexity index is 520. The molecular formula is C13H18N4O3. The average Bonchev–Trinajstić information content (AvgIpc) is 2.65. The van der Waals surface area contributed by atoms with Crippen molar-refractivity contribution in [3.63, 3.8) is 0 Å². The third kappa shape index (κ3) is 2.24. The number of carboxylic acid groups (broad SMARTS) is 1. The zero-order valence-corrected chi connectivity index (χ0v) is 11.8. The maximum absolute atomic E-state index is 12.6. The number of aliphatic carboxylic acids is 1. The van der Waals surface area contributed by atoms with Crippen LogP contribution in [0.4, 0.5) is 10.5 Å². The SMILES string of the molecule is CC(C)C[N+]1(c2cncnc2)CC(C(=O)[O-])N(C)C1=O. The van der Waals surface area contributed by atoms with Crippen molar-refractivity contribution in [3.05, 3.63) is 18.7 Å². The van der Waals surface area contributed by atoms with Crippen molar-refractivity contribution >= 4 is 17.7 Å². The minimum absolute atomic E-state index is 0.0757. The van der Waals surface area contributed by atoms with Gasteiger partial charge in [0.15, 0.2) is 5.69 Å². The molecular weight excluding hydrogens is 260 g/mol. The molecule has 0 saturated carbocycles. The van der Waals surface area contributed by atoms with Crippen LogP contribution in [0.5, 0.6) is 0 Å². The Morgan fingerprint density at radius 2 is 2.10 bits per heavy atom. The highest BCUT2D eigenvalue weighted by Crippen LogP contribution is 2.31. The van der Waals surface area contributed by atoms with Gasteiger partial charge in [0.25, 0.3) is 0 Å². The molecule has 0 bridgehead atoms. The molecule has 2 heterocycles. The number of nitrogens with zero attached hydrogens (tertiary/aromatic N) is 4. The van der Waals surface area contributed by atoms with Gasteiger partial charge in [-0.3, -0.25) is 4.90 Å². The molecule has 1 aliphatic heterocycles. The zero-order valence-electron chi connectivity index (χ0n) is 11.8. The number of carboxylic acids is 1. The van der Waals surface area contributed by atoms with Crippen molar-refractivity contribution in [2.24, 2.45) is 5.92 Å². The highest BCUT2D eigenvalue weighted by Gasteiger charge is 2.53. The van der Waals surface area contributed by atoms with Gasteiger partial charge in [-0.15, -0.1) is 0 Å². The lowest BCUT2D eigenvalue weighted by atomic mass is 10.1. The number of hydrogen-bond acceptors (Lipinski definition) is 5. The van der Waals surface area contributed by atoms with Gasteiger partial charge in [-0.05, 0) is 0 Å². The second-order valence-electron chi connectivity index (χ2n) is 5.55. The van der Waals surface area contributed by atoms with Gasteiger partial charge in [0.1, 0.15) is 18.9 Å². The molecule has 7 heteroatoms. The summed E-state index contributed by atoms with van der Waals surface area (Å²) in [6, 6.07) is -1.19. The van der Waals surface area contributed by atoms with E-state index in [0.717, 1.165) is 0 Å². The molecule has 0 aliphatic carbocycles. The quantitative estimate of drug-likeness (QED) is 0.701. The van der Waals surface area contributed by atoms with E-state index < -0.39 is 12.0 Å². The predicted molar refractivity (Wildman–Crippen MR) is 70.4 cm³/mol. The predicted octanol–water partition coefficient (Wildman–Crippen LogP) is -0.376. The molecule has 2 unspecified atom stereocenters. The van der Waals surface area contributed by atoms with E-state index in [2.05, 4.69) is 9.97 Å². The Hall–Kier alpha value is -2.02. The zero-order chi connectivity index (χ0) is 14.9. The van der Waals surface area contributed by atoms with E-state index in [1.165, 1.54) is 18.3 Å². The van der Waals surface area contributed by atoms with Gasteiger partial charge in [0.05, 0.1) is 24.9 Å². The number of hydrogen-bond donors (Lipinski definition) is 0. The molecule has 2 atom stereocenters. The van der Waals surface area contributed by atoms with Gasteiger partial charge in [-0.25, -0.2) is 19.2 Å². The number of amides is 2. The Kier molecular flexibility index (Phi) is 3.71. The normalized spacial score (nSPS) is 26.3. The second kappa shape index (κ2) is 5.16. The second-order valence-corrected chi connectivity index (χ2v) is 5.55. The molecule has 108 valence electrons. The molecule has 20 heavy (non-hydrogen) atoms. The third-order valence-corrected chi connectivity index (χ3v) is 3.61. The minimum atomic E-state index is -1.23. The van der Waals surface area contributed by atoms with Crippen molar-refractivity contribution in [2.45, 2.75) is 19.9 Å². The van der Waals surface area contributed by atoms with E-state index >= 15 is 0 Å². The van der Waals surface area contributed by atoms with Crippen LogP contribution < -0.4 is 9.59 Å². The summed E-state index contributed by atoms with van der Waals surface area (Å²) >= 11 is 0. The fourth-order valence-corrected chi connectivity index (χ4v) is 2.77. The maximum atomic E-state index is 12.6. The van der Waals surface area contributed by atoms with Gasteiger partial charge >= 0.3 is 6.03 Å². The molecule has 2 rings (SSSR count). The lowest BCUT2D eigenvalue weighted by Gasteiger charge is -2.30. The van der Waals surface area contributed by atoms with Crippen LogP contribution in [0, 0.1) is 5.92 Å². The number of carbonyl (C=O) groups is 2. The highest BCUT2D eigenvalue weighted by molar-refractivity contribution is 5.94. The Balaban J connectivity index is 2.49. The average molecular weight is 278 g/mol. The maximum Gasteiger partial charge on any atom is 0.424 e. The minimum Gasteiger partial charge on any atom is -0.548 e. The summed E-state index contributed by atoms with van der Waals surface area (Å²) in [4.78, 5) is 33.0. The smallest absolute Gasteiger partial charge is 0.424 e. The monoisotopic (exact) mass is 278 g/mol. The summed E-state index contributed by atoms with van der Waals surface area (Å²) in [6.07, 6.45) is 4.52. The molecule has 1 aliphatic rings. The third-order valence-electron chi connectivity index (χ3n) is 3.61. The molecule has 7 nitrogen and oxygen atoms in total. The van der Waals surface area contributed by atoms with Gasteiger partial charge in [-0.1, -0.05) is 13.8 Å². The summed E-state index contributed by atoms with van der Waals surface area (Å²) in [7, 11) is 1.49. The molecule has 2 amide bonds. The van der Waals surface area contributed by atoms with Crippen molar-refractivity contribution in [1.29, 1.82) is 0 Å². The molecule has 1 saturated heterocycles. The van der Waals surface area contributed by atoms with Crippen molar-refractivity contribution < 1.29 is 14.7 Å². The first-order valence-corrected chi connectivity index (χ1v) is 6.49. The molecule has 1 aromatic heterocycles.